The van der Waals surface area contributed by atoms with Gasteiger partial charge in [0.1, 0.15) is 0 Å². The molecule has 1 aliphatic carbocycles. The molecular weight excluding hydrogens is 200 g/mol. The first-order valence-corrected chi connectivity index (χ1v) is 4.73. The highest BCUT2D eigenvalue weighted by Gasteiger charge is 2.64. The summed E-state index contributed by atoms with van der Waals surface area (Å²) < 4.78 is 0. The minimum atomic E-state index is -1.08. The second-order valence-corrected chi connectivity index (χ2v) is 4.07. The number of aliphatic imine (C=N–C) groups is 1. The number of rotatable bonds is 4. The third-order valence-electron chi connectivity index (χ3n) is 3.06. The summed E-state index contributed by atoms with van der Waals surface area (Å²) in [5.41, 5.74) is -1.08. The lowest BCUT2D eigenvalue weighted by Gasteiger charge is -2.19. The van der Waals surface area contributed by atoms with Crippen LogP contribution >= 0.6 is 0 Å². The molecule has 2 aliphatic rings. The van der Waals surface area contributed by atoms with Crippen LogP contribution in [0, 0.1) is 11.3 Å². The van der Waals surface area contributed by atoms with Gasteiger partial charge >= 0.3 is 11.9 Å². The van der Waals surface area contributed by atoms with E-state index in [1.165, 1.54) is 0 Å². The number of hydrogen-bond acceptors (Lipinski definition) is 4. The zero-order chi connectivity index (χ0) is 11.1. The second-order valence-electron chi connectivity index (χ2n) is 4.07. The van der Waals surface area contributed by atoms with E-state index in [9.17, 15) is 9.59 Å². The summed E-state index contributed by atoms with van der Waals surface area (Å²) in [6.07, 6.45) is 1.95. The summed E-state index contributed by atoms with van der Waals surface area (Å²) in [4.78, 5) is 27.6. The molecule has 15 heavy (non-hydrogen) atoms. The lowest BCUT2D eigenvalue weighted by Crippen LogP contribution is -2.35. The Morgan fingerprint density at radius 2 is 2.27 bits per heavy atom. The molecule has 6 heteroatoms. The van der Waals surface area contributed by atoms with E-state index in [0.717, 1.165) is 0 Å². The second kappa shape index (κ2) is 3.30. The molecule has 2 rings (SSSR count). The van der Waals surface area contributed by atoms with Crippen LogP contribution in [0.3, 0.4) is 0 Å². The highest BCUT2D eigenvalue weighted by atomic mass is 16.4. The molecule has 0 aromatic heterocycles. The molecule has 0 radical (unpaired) electrons. The van der Waals surface area contributed by atoms with Gasteiger partial charge in [0.15, 0.2) is 0 Å². The van der Waals surface area contributed by atoms with E-state index in [1.807, 2.05) is 4.90 Å². The normalized spacial score (nSPS) is 34.3. The van der Waals surface area contributed by atoms with Crippen molar-refractivity contribution in [3.05, 3.63) is 0 Å². The van der Waals surface area contributed by atoms with Gasteiger partial charge in [0.25, 0.3) is 0 Å². The van der Waals surface area contributed by atoms with Gasteiger partial charge in [0.05, 0.1) is 18.0 Å². The fourth-order valence-electron chi connectivity index (χ4n) is 2.03. The number of hydrogen-bond donors (Lipinski definition) is 2. The molecule has 0 aromatic carbocycles. The van der Waals surface area contributed by atoms with Gasteiger partial charge in [0, 0.05) is 19.3 Å². The molecule has 1 heterocycles. The first kappa shape index (κ1) is 10.1. The van der Waals surface area contributed by atoms with Gasteiger partial charge in [-0.1, -0.05) is 0 Å². The van der Waals surface area contributed by atoms with Crippen molar-refractivity contribution >= 4 is 18.2 Å². The molecule has 2 unspecified atom stereocenters. The molecule has 2 N–H and O–H groups in total. The fourth-order valence-corrected chi connectivity index (χ4v) is 2.03. The predicted octanol–water partition coefficient (Wildman–Crippen LogP) is -0.494. The summed E-state index contributed by atoms with van der Waals surface area (Å²) in [6.45, 7) is 1.36. The summed E-state index contributed by atoms with van der Waals surface area (Å²) in [7, 11) is 0. The SMILES string of the molecule is O=C(O)C1CC1(CN1CC=NC1)C(=O)O. The molecule has 1 fully saturated rings. The molecule has 1 aliphatic heterocycles. The van der Waals surface area contributed by atoms with Crippen LogP contribution in [0.5, 0.6) is 0 Å². The molecule has 0 spiro atoms. The quantitative estimate of drug-likeness (QED) is 0.656. The largest absolute Gasteiger partial charge is 0.481 e. The topological polar surface area (TPSA) is 90.2 Å². The first-order chi connectivity index (χ1) is 7.06. The number of carboxylic acids is 2. The Morgan fingerprint density at radius 1 is 1.53 bits per heavy atom. The van der Waals surface area contributed by atoms with E-state index in [-0.39, 0.29) is 13.0 Å². The minimum Gasteiger partial charge on any atom is -0.481 e. The van der Waals surface area contributed by atoms with Crippen LogP contribution in [0.1, 0.15) is 6.42 Å². The van der Waals surface area contributed by atoms with Crippen LogP contribution in [0.4, 0.5) is 0 Å². The summed E-state index contributed by atoms with van der Waals surface area (Å²) in [5, 5.41) is 17.9. The van der Waals surface area contributed by atoms with E-state index in [0.29, 0.717) is 13.2 Å². The van der Waals surface area contributed by atoms with E-state index >= 15 is 0 Å². The lowest BCUT2D eigenvalue weighted by molar-refractivity contribution is -0.149. The summed E-state index contributed by atoms with van der Waals surface area (Å²) >= 11 is 0. The maximum atomic E-state index is 11.1. The summed E-state index contributed by atoms with van der Waals surface area (Å²) in [6, 6.07) is 0. The molecule has 6 nitrogen and oxygen atoms in total. The fraction of sp³-hybridized carbons (Fsp3) is 0.667. The molecule has 0 saturated heterocycles. The van der Waals surface area contributed by atoms with Gasteiger partial charge < -0.3 is 10.2 Å². The van der Waals surface area contributed by atoms with Crippen molar-refractivity contribution in [3.63, 3.8) is 0 Å². The average molecular weight is 212 g/mol. The van der Waals surface area contributed by atoms with Gasteiger partial charge in [-0.3, -0.25) is 19.5 Å². The van der Waals surface area contributed by atoms with Crippen LogP contribution in [0.15, 0.2) is 4.99 Å². The van der Waals surface area contributed by atoms with Crippen molar-refractivity contribution in [3.8, 4) is 0 Å². The highest BCUT2D eigenvalue weighted by Crippen LogP contribution is 2.53. The molecule has 0 amide bonds. The standard InChI is InChI=1S/C9H12N2O4/c12-7(13)6-3-9(6,8(14)15)4-11-2-1-10-5-11/h1,6H,2-5H2,(H,12,13)(H,14,15). The molecule has 1 saturated carbocycles. The van der Waals surface area contributed by atoms with Gasteiger partial charge in [-0.05, 0) is 6.42 Å². The van der Waals surface area contributed by atoms with E-state index in [2.05, 4.69) is 4.99 Å². The predicted molar refractivity (Wildman–Crippen MR) is 50.7 cm³/mol. The van der Waals surface area contributed by atoms with Gasteiger partial charge in [-0.25, -0.2) is 0 Å². The minimum absolute atomic E-state index is 0.230. The maximum absolute atomic E-state index is 11.1. The Bertz CT molecular complexity index is 333. The van der Waals surface area contributed by atoms with E-state index in [1.54, 1.807) is 6.21 Å². The van der Waals surface area contributed by atoms with Crippen molar-refractivity contribution in [1.82, 2.24) is 4.90 Å². The molecular formula is C9H12N2O4. The lowest BCUT2D eigenvalue weighted by atomic mass is 10.0. The Morgan fingerprint density at radius 3 is 2.67 bits per heavy atom. The Kier molecular flexibility index (Phi) is 2.22. The molecule has 0 bridgehead atoms. The third kappa shape index (κ3) is 1.61. The maximum Gasteiger partial charge on any atom is 0.311 e. The van der Waals surface area contributed by atoms with Gasteiger partial charge in [-0.15, -0.1) is 0 Å². The Balaban J connectivity index is 2.03. The monoisotopic (exact) mass is 212 g/mol. The van der Waals surface area contributed by atoms with Crippen molar-refractivity contribution in [2.45, 2.75) is 6.42 Å². The zero-order valence-corrected chi connectivity index (χ0v) is 8.09. The molecule has 0 aromatic rings. The van der Waals surface area contributed by atoms with Crippen molar-refractivity contribution in [1.29, 1.82) is 0 Å². The number of nitrogens with zero attached hydrogens (tertiary/aromatic N) is 2. The Labute approximate surface area is 86.2 Å². The smallest absolute Gasteiger partial charge is 0.311 e. The Hall–Kier alpha value is -1.43. The van der Waals surface area contributed by atoms with Crippen LogP contribution < -0.4 is 0 Å². The van der Waals surface area contributed by atoms with Crippen LogP contribution in [0.25, 0.3) is 0 Å². The highest BCUT2D eigenvalue weighted by molar-refractivity contribution is 5.89. The van der Waals surface area contributed by atoms with E-state index in [4.69, 9.17) is 10.2 Å². The van der Waals surface area contributed by atoms with Gasteiger partial charge in [-0.2, -0.15) is 0 Å². The van der Waals surface area contributed by atoms with Crippen LogP contribution in [0.2, 0.25) is 0 Å². The van der Waals surface area contributed by atoms with Crippen molar-refractivity contribution in [2.24, 2.45) is 16.3 Å². The average Bonchev–Trinajstić information content (AvgIpc) is 2.66. The number of carbonyl (C=O) groups is 2. The number of carboxylic acid groups (broad SMARTS) is 2. The zero-order valence-electron chi connectivity index (χ0n) is 8.09. The van der Waals surface area contributed by atoms with Crippen LogP contribution in [-0.2, 0) is 9.59 Å². The summed E-state index contributed by atoms with van der Waals surface area (Å²) in [5.74, 6) is -2.77. The van der Waals surface area contributed by atoms with E-state index < -0.39 is 23.3 Å². The molecule has 82 valence electrons. The molecule has 2 atom stereocenters. The first-order valence-electron chi connectivity index (χ1n) is 4.73. The third-order valence-corrected chi connectivity index (χ3v) is 3.06. The van der Waals surface area contributed by atoms with Crippen molar-refractivity contribution in [2.75, 3.05) is 19.8 Å². The van der Waals surface area contributed by atoms with Crippen molar-refractivity contribution < 1.29 is 19.8 Å². The van der Waals surface area contributed by atoms with Gasteiger partial charge in [0.2, 0.25) is 0 Å². The van der Waals surface area contributed by atoms with Crippen LogP contribution in [-0.4, -0.2) is 53.0 Å². The number of aliphatic carboxylic acids is 2.